The fourth-order valence-electron chi connectivity index (χ4n) is 4.93. The first kappa shape index (κ1) is 30.0. The van der Waals surface area contributed by atoms with Crippen molar-refractivity contribution < 1.29 is 14.3 Å². The summed E-state index contributed by atoms with van der Waals surface area (Å²) in [6.07, 6.45) is 2.40. The normalized spacial score (nSPS) is 14.3. The molecule has 3 aromatic carbocycles. The van der Waals surface area contributed by atoms with Crippen LogP contribution in [0.25, 0.3) is 11.1 Å². The Bertz CT molecular complexity index is 1280. The molecule has 0 aromatic heterocycles. The van der Waals surface area contributed by atoms with E-state index in [1.807, 2.05) is 23.1 Å². The third kappa shape index (κ3) is 8.29. The average molecular weight is 584 g/mol. The Balaban J connectivity index is 1.44. The second kappa shape index (κ2) is 14.6. The lowest BCUT2D eigenvalue weighted by atomic mass is 9.99. The van der Waals surface area contributed by atoms with Gasteiger partial charge in [0.15, 0.2) is 5.78 Å². The van der Waals surface area contributed by atoms with Crippen LogP contribution in [0.2, 0.25) is 10.0 Å². The Hall–Kier alpha value is -2.94. The first-order chi connectivity index (χ1) is 19.3. The Kier molecular flexibility index (Phi) is 11.0. The van der Waals surface area contributed by atoms with Gasteiger partial charge in [-0.05, 0) is 73.0 Å². The van der Waals surface area contributed by atoms with Crippen LogP contribution in [0.5, 0.6) is 0 Å². The van der Waals surface area contributed by atoms with Crippen LogP contribution < -0.4 is 16.0 Å². The fourth-order valence-corrected chi connectivity index (χ4v) is 5.23. The van der Waals surface area contributed by atoms with Crippen LogP contribution in [-0.4, -0.2) is 69.6 Å². The van der Waals surface area contributed by atoms with Gasteiger partial charge in [0.05, 0.1) is 29.7 Å². The molecule has 4 rings (SSSR count). The van der Waals surface area contributed by atoms with Gasteiger partial charge in [0.1, 0.15) is 0 Å². The lowest BCUT2D eigenvalue weighted by Gasteiger charge is -2.27. The largest absolute Gasteiger partial charge is 0.383 e. The highest BCUT2D eigenvalue weighted by Crippen LogP contribution is 2.27. The van der Waals surface area contributed by atoms with E-state index in [9.17, 15) is 9.59 Å². The predicted octanol–water partition coefficient (Wildman–Crippen LogP) is 5.21. The van der Waals surface area contributed by atoms with Crippen molar-refractivity contribution in [1.29, 1.82) is 0 Å². The van der Waals surface area contributed by atoms with Crippen LogP contribution >= 0.6 is 23.2 Å². The number of Topliss-reactive ketones (excluding diaryl/α,β-unsaturated/α-hetero) is 1. The number of ketones is 1. The highest BCUT2D eigenvalue weighted by atomic mass is 35.5. The fraction of sp³-hybridized carbons (Fsp3) is 0.355. The van der Waals surface area contributed by atoms with Gasteiger partial charge in [-0.1, -0.05) is 59.6 Å². The number of benzene rings is 3. The van der Waals surface area contributed by atoms with Crippen molar-refractivity contribution in [2.24, 2.45) is 5.73 Å². The van der Waals surface area contributed by atoms with Gasteiger partial charge in [0, 0.05) is 37.5 Å². The summed E-state index contributed by atoms with van der Waals surface area (Å²) in [6.45, 7) is 4.47. The molecule has 9 heteroatoms. The molecule has 40 heavy (non-hydrogen) atoms. The highest BCUT2D eigenvalue weighted by Gasteiger charge is 2.21. The van der Waals surface area contributed by atoms with Crippen molar-refractivity contribution in [1.82, 2.24) is 10.2 Å². The highest BCUT2D eigenvalue weighted by molar-refractivity contribution is 6.42. The maximum Gasteiger partial charge on any atom is 0.248 e. The average Bonchev–Trinajstić information content (AvgIpc) is 3.48. The minimum atomic E-state index is -0.439. The maximum atomic E-state index is 13.2. The van der Waals surface area contributed by atoms with Crippen molar-refractivity contribution in [2.45, 2.75) is 18.9 Å². The van der Waals surface area contributed by atoms with Crippen LogP contribution in [-0.2, 0) is 9.53 Å². The summed E-state index contributed by atoms with van der Waals surface area (Å²) in [7, 11) is 1.64. The molecule has 0 aliphatic carbocycles. The van der Waals surface area contributed by atoms with E-state index < -0.39 is 5.91 Å². The number of ether oxygens (including phenoxy) is 1. The number of likely N-dealkylation sites (tertiary alicyclic amines) is 1. The Morgan fingerprint density at radius 2 is 1.62 bits per heavy atom. The molecule has 1 fully saturated rings. The number of nitrogens with zero attached hydrogens (tertiary/aromatic N) is 2. The number of carbonyl (C=O) groups excluding carboxylic acids is 2. The first-order valence-electron chi connectivity index (χ1n) is 13.5. The predicted molar refractivity (Wildman–Crippen MR) is 162 cm³/mol. The summed E-state index contributed by atoms with van der Waals surface area (Å²) in [6, 6.07) is 21.0. The number of anilines is 1. The summed E-state index contributed by atoms with van der Waals surface area (Å²) in [5, 5.41) is 4.45. The number of hydrogen-bond acceptors (Lipinski definition) is 6. The van der Waals surface area contributed by atoms with E-state index in [4.69, 9.17) is 33.7 Å². The zero-order valence-corrected chi connectivity index (χ0v) is 24.3. The zero-order valence-electron chi connectivity index (χ0n) is 22.7. The summed E-state index contributed by atoms with van der Waals surface area (Å²) >= 11 is 12.3. The van der Waals surface area contributed by atoms with Gasteiger partial charge in [-0.3, -0.25) is 9.59 Å². The van der Waals surface area contributed by atoms with Gasteiger partial charge in [0.25, 0.3) is 0 Å². The molecule has 212 valence electrons. The lowest BCUT2D eigenvalue weighted by Crippen LogP contribution is -2.40. The van der Waals surface area contributed by atoms with Crippen LogP contribution in [0.15, 0.2) is 66.7 Å². The van der Waals surface area contributed by atoms with Crippen molar-refractivity contribution in [2.75, 3.05) is 57.9 Å². The summed E-state index contributed by atoms with van der Waals surface area (Å²) in [5.74, 6) is -0.370. The second-order valence-corrected chi connectivity index (χ2v) is 10.9. The summed E-state index contributed by atoms with van der Waals surface area (Å²) in [4.78, 5) is 29.0. The molecule has 0 bridgehead atoms. The quantitative estimate of drug-likeness (QED) is 0.271. The Morgan fingerprint density at radius 3 is 2.23 bits per heavy atom. The van der Waals surface area contributed by atoms with E-state index in [0.29, 0.717) is 28.8 Å². The topological polar surface area (TPSA) is 87.9 Å². The molecular weight excluding hydrogens is 547 g/mol. The van der Waals surface area contributed by atoms with Crippen LogP contribution in [0.4, 0.5) is 5.69 Å². The number of halogens is 2. The molecule has 1 amide bonds. The Labute approximate surface area is 246 Å². The number of amides is 1. The molecule has 1 heterocycles. The number of carbonyl (C=O) groups is 2. The molecule has 3 N–H and O–H groups in total. The van der Waals surface area contributed by atoms with Gasteiger partial charge in [-0.25, -0.2) is 0 Å². The molecule has 0 spiro atoms. The molecule has 1 unspecified atom stereocenters. The smallest absolute Gasteiger partial charge is 0.248 e. The van der Waals surface area contributed by atoms with Crippen LogP contribution in [0.1, 0.15) is 34.8 Å². The molecule has 0 saturated carbocycles. The standard InChI is InChI=1S/C31H36Cl2N4O3/c1-40-17-16-37(26-12-13-28(32)29(33)18-26)20-27(38)19-35-30(21-36-14-2-3-15-36)24-8-4-22(5-9-24)23-6-10-25(11-7-23)31(34)39/h4-13,18,30,35H,2-3,14-17,19-21H2,1H3,(H2,34,39). The number of nitrogens with one attached hydrogen (secondary N) is 1. The summed E-state index contributed by atoms with van der Waals surface area (Å²) in [5.41, 5.74) is 9.86. The second-order valence-electron chi connectivity index (χ2n) is 10.1. The number of hydrogen-bond donors (Lipinski definition) is 2. The third-order valence-corrected chi connectivity index (χ3v) is 7.94. The molecule has 1 saturated heterocycles. The van der Waals surface area contributed by atoms with Crippen LogP contribution in [0.3, 0.4) is 0 Å². The number of primary amides is 1. The third-order valence-electron chi connectivity index (χ3n) is 7.20. The number of methoxy groups -OCH3 is 1. The first-order valence-corrected chi connectivity index (χ1v) is 14.3. The molecule has 1 atom stereocenters. The van der Waals surface area contributed by atoms with Crippen molar-refractivity contribution in [3.8, 4) is 11.1 Å². The van der Waals surface area contributed by atoms with E-state index in [1.54, 1.807) is 31.4 Å². The van der Waals surface area contributed by atoms with E-state index >= 15 is 0 Å². The number of nitrogens with two attached hydrogens (primary N) is 1. The van der Waals surface area contributed by atoms with Crippen LogP contribution in [0, 0.1) is 0 Å². The van der Waals surface area contributed by atoms with Crippen molar-refractivity contribution in [3.05, 3.63) is 87.9 Å². The zero-order chi connectivity index (χ0) is 28.5. The molecular formula is C31H36Cl2N4O3. The number of rotatable bonds is 14. The van der Waals surface area contributed by atoms with Gasteiger partial charge in [-0.15, -0.1) is 0 Å². The van der Waals surface area contributed by atoms with Gasteiger partial charge < -0.3 is 25.6 Å². The van der Waals surface area contributed by atoms with E-state index in [0.717, 1.165) is 42.0 Å². The minimum Gasteiger partial charge on any atom is -0.383 e. The SMILES string of the molecule is COCCN(CC(=O)CNC(CN1CCCC1)c1ccc(-c2ccc(C(N)=O)cc2)cc1)c1ccc(Cl)c(Cl)c1. The molecule has 1 aliphatic heterocycles. The molecule has 7 nitrogen and oxygen atoms in total. The molecule has 3 aromatic rings. The van der Waals surface area contributed by atoms with Crippen molar-refractivity contribution >= 4 is 40.6 Å². The molecule has 1 aliphatic rings. The maximum absolute atomic E-state index is 13.2. The Morgan fingerprint density at radius 1 is 0.975 bits per heavy atom. The monoisotopic (exact) mass is 582 g/mol. The van der Waals surface area contributed by atoms with Crippen molar-refractivity contribution in [3.63, 3.8) is 0 Å². The van der Waals surface area contributed by atoms with E-state index in [1.165, 1.54) is 12.8 Å². The minimum absolute atomic E-state index is 0.00531. The van der Waals surface area contributed by atoms with E-state index in [-0.39, 0.29) is 24.9 Å². The lowest BCUT2D eigenvalue weighted by molar-refractivity contribution is -0.117. The molecule has 0 radical (unpaired) electrons. The van der Waals surface area contributed by atoms with Gasteiger partial charge in [0.2, 0.25) is 5.91 Å². The van der Waals surface area contributed by atoms with Gasteiger partial charge in [-0.2, -0.15) is 0 Å². The summed E-state index contributed by atoms with van der Waals surface area (Å²) < 4.78 is 5.26. The van der Waals surface area contributed by atoms with E-state index in [2.05, 4.69) is 34.5 Å². The van der Waals surface area contributed by atoms with Gasteiger partial charge >= 0.3 is 0 Å².